The molecule has 1 aromatic carbocycles. The summed E-state index contributed by atoms with van der Waals surface area (Å²) >= 11 is 0. The van der Waals surface area contributed by atoms with E-state index >= 15 is 0 Å². The van der Waals surface area contributed by atoms with E-state index in [1.54, 1.807) is 0 Å². The van der Waals surface area contributed by atoms with Crippen molar-refractivity contribution in [3.63, 3.8) is 0 Å². The summed E-state index contributed by atoms with van der Waals surface area (Å²) in [6.45, 7) is 9.37. The summed E-state index contributed by atoms with van der Waals surface area (Å²) in [6, 6.07) is 9.02. The number of aliphatic imine (C=N–C) groups is 1. The Balaban J connectivity index is 1.63. The number of aryl methyl sites for hydroxylation is 2. The Morgan fingerprint density at radius 3 is 2.63 bits per heavy atom. The van der Waals surface area contributed by atoms with Crippen LogP contribution >= 0.6 is 0 Å². The molecule has 1 aliphatic heterocycles. The molecule has 1 fully saturated rings. The maximum Gasteiger partial charge on any atom is 0.191 e. The van der Waals surface area contributed by atoms with Crippen LogP contribution in [0.1, 0.15) is 48.3 Å². The van der Waals surface area contributed by atoms with Crippen LogP contribution in [0.25, 0.3) is 0 Å². The Hall–Kier alpha value is -2.50. The molecule has 0 aliphatic carbocycles. The number of benzene rings is 1. The maximum absolute atomic E-state index is 4.48. The summed E-state index contributed by atoms with van der Waals surface area (Å²) in [5.41, 5.74) is 6.06. The minimum atomic E-state index is 0.176. The first-order valence-electron chi connectivity index (χ1n) is 9.80. The molecule has 6 heteroatoms. The molecule has 1 aromatic heterocycles. The van der Waals surface area contributed by atoms with E-state index in [0.717, 1.165) is 24.7 Å². The highest BCUT2D eigenvalue weighted by molar-refractivity contribution is 5.80. The molecule has 0 radical (unpaired) electrons. The van der Waals surface area contributed by atoms with Gasteiger partial charge in [0.05, 0.1) is 11.7 Å². The van der Waals surface area contributed by atoms with Crippen molar-refractivity contribution >= 4 is 11.6 Å². The topological polar surface area (TPSA) is 57.5 Å². The molecule has 0 amide bonds. The largest absolute Gasteiger partial charge is 0.372 e. The highest BCUT2D eigenvalue weighted by Crippen LogP contribution is 2.24. The Bertz CT molecular complexity index is 801. The van der Waals surface area contributed by atoms with Gasteiger partial charge >= 0.3 is 0 Å². The quantitative estimate of drug-likeness (QED) is 0.629. The number of nitrogens with zero attached hydrogens (tertiary/aromatic N) is 4. The van der Waals surface area contributed by atoms with Gasteiger partial charge in [-0.2, -0.15) is 5.10 Å². The Morgan fingerprint density at radius 2 is 2.00 bits per heavy atom. The molecule has 27 heavy (non-hydrogen) atoms. The normalized spacial score (nSPS) is 15.9. The third-order valence-corrected chi connectivity index (χ3v) is 5.51. The molecule has 0 saturated carbocycles. The van der Waals surface area contributed by atoms with Gasteiger partial charge in [-0.25, -0.2) is 0 Å². The minimum Gasteiger partial charge on any atom is -0.372 e. The zero-order valence-corrected chi connectivity index (χ0v) is 17.2. The minimum absolute atomic E-state index is 0.176. The van der Waals surface area contributed by atoms with Crippen molar-refractivity contribution in [3.8, 4) is 0 Å². The number of hydrogen-bond acceptors (Lipinski definition) is 3. The lowest BCUT2D eigenvalue weighted by atomic mass is 10.1. The van der Waals surface area contributed by atoms with Gasteiger partial charge < -0.3 is 15.5 Å². The van der Waals surface area contributed by atoms with Crippen molar-refractivity contribution in [1.82, 2.24) is 20.4 Å². The summed E-state index contributed by atoms with van der Waals surface area (Å²) in [4.78, 5) is 6.86. The Kier molecular flexibility index (Phi) is 6.04. The summed E-state index contributed by atoms with van der Waals surface area (Å²) in [5, 5.41) is 11.4. The lowest BCUT2D eigenvalue weighted by molar-refractivity contribution is 0.683. The highest BCUT2D eigenvalue weighted by atomic mass is 15.3. The van der Waals surface area contributed by atoms with Gasteiger partial charge in [0.1, 0.15) is 0 Å². The SMILES string of the molecule is CN=C(NCc1c(C)nn(C)c1C)NC(C)c1cccc(N2CCCC2)c1. The number of anilines is 1. The molecule has 1 aliphatic rings. The van der Waals surface area contributed by atoms with Crippen LogP contribution in [0.5, 0.6) is 0 Å². The fourth-order valence-corrected chi connectivity index (χ4v) is 3.69. The first kappa shape index (κ1) is 19.3. The van der Waals surface area contributed by atoms with E-state index in [9.17, 15) is 0 Å². The van der Waals surface area contributed by atoms with Crippen LogP contribution in [0.4, 0.5) is 5.69 Å². The number of nitrogens with one attached hydrogen (secondary N) is 2. The van der Waals surface area contributed by atoms with Gasteiger partial charge in [-0.3, -0.25) is 9.67 Å². The molecule has 0 spiro atoms. The molecule has 2 N–H and O–H groups in total. The molecule has 3 rings (SSSR count). The van der Waals surface area contributed by atoms with Crippen molar-refractivity contribution < 1.29 is 0 Å². The average Bonchev–Trinajstić information content (AvgIpc) is 3.28. The Labute approximate surface area is 162 Å². The fraction of sp³-hybridized carbons (Fsp3) is 0.524. The van der Waals surface area contributed by atoms with Crippen LogP contribution in [-0.4, -0.2) is 35.9 Å². The van der Waals surface area contributed by atoms with Crippen molar-refractivity contribution in [2.24, 2.45) is 12.0 Å². The van der Waals surface area contributed by atoms with E-state index in [1.165, 1.54) is 35.3 Å². The summed E-state index contributed by atoms with van der Waals surface area (Å²) in [6.07, 6.45) is 2.59. The zero-order chi connectivity index (χ0) is 19.4. The molecule has 146 valence electrons. The summed E-state index contributed by atoms with van der Waals surface area (Å²) in [5.74, 6) is 0.803. The predicted molar refractivity (Wildman–Crippen MR) is 112 cm³/mol. The number of aromatic nitrogens is 2. The van der Waals surface area contributed by atoms with Gasteiger partial charge in [0.15, 0.2) is 5.96 Å². The van der Waals surface area contributed by atoms with E-state index in [0.29, 0.717) is 6.54 Å². The van der Waals surface area contributed by atoms with Gasteiger partial charge in [0, 0.05) is 50.7 Å². The predicted octanol–water partition coefficient (Wildman–Crippen LogP) is 3.06. The summed E-state index contributed by atoms with van der Waals surface area (Å²) in [7, 11) is 3.79. The van der Waals surface area contributed by atoms with Crippen LogP contribution in [0.2, 0.25) is 0 Å². The third-order valence-electron chi connectivity index (χ3n) is 5.51. The number of rotatable bonds is 5. The first-order chi connectivity index (χ1) is 13.0. The standard InChI is InChI=1S/C21H32N6/c1-15(18-9-8-10-19(13-18)27-11-6-7-12-27)24-21(22-4)23-14-20-16(2)25-26(5)17(20)3/h8-10,13,15H,6-7,11-12,14H2,1-5H3,(H2,22,23,24). The molecule has 1 atom stereocenters. The molecule has 1 unspecified atom stereocenters. The lowest BCUT2D eigenvalue weighted by Gasteiger charge is -2.22. The number of guanidine groups is 1. The number of hydrogen-bond donors (Lipinski definition) is 2. The van der Waals surface area contributed by atoms with E-state index in [1.807, 2.05) is 25.7 Å². The first-order valence-corrected chi connectivity index (χ1v) is 9.80. The van der Waals surface area contributed by atoms with E-state index in [-0.39, 0.29) is 6.04 Å². The molecule has 0 bridgehead atoms. The average molecular weight is 369 g/mol. The van der Waals surface area contributed by atoms with Crippen LogP contribution < -0.4 is 15.5 Å². The second-order valence-electron chi connectivity index (χ2n) is 7.35. The van der Waals surface area contributed by atoms with Crippen molar-refractivity contribution in [3.05, 3.63) is 46.8 Å². The molecule has 6 nitrogen and oxygen atoms in total. The second-order valence-corrected chi connectivity index (χ2v) is 7.35. The highest BCUT2D eigenvalue weighted by Gasteiger charge is 2.15. The van der Waals surface area contributed by atoms with Gasteiger partial charge in [0.25, 0.3) is 0 Å². The van der Waals surface area contributed by atoms with Crippen LogP contribution in [0.15, 0.2) is 29.3 Å². The van der Waals surface area contributed by atoms with E-state index < -0.39 is 0 Å². The van der Waals surface area contributed by atoms with Gasteiger partial charge in [-0.1, -0.05) is 12.1 Å². The molecule has 2 heterocycles. The summed E-state index contributed by atoms with van der Waals surface area (Å²) < 4.78 is 1.93. The van der Waals surface area contributed by atoms with Crippen molar-refractivity contribution in [2.75, 3.05) is 25.0 Å². The second kappa shape index (κ2) is 8.46. The molecule has 2 aromatic rings. The van der Waals surface area contributed by atoms with Gasteiger partial charge in [-0.15, -0.1) is 0 Å². The fourth-order valence-electron chi connectivity index (χ4n) is 3.69. The smallest absolute Gasteiger partial charge is 0.191 e. The van der Waals surface area contributed by atoms with Gasteiger partial charge in [0.2, 0.25) is 0 Å². The van der Waals surface area contributed by atoms with E-state index in [2.05, 4.69) is 63.7 Å². The van der Waals surface area contributed by atoms with Crippen LogP contribution in [0.3, 0.4) is 0 Å². The zero-order valence-electron chi connectivity index (χ0n) is 17.2. The van der Waals surface area contributed by atoms with Crippen LogP contribution in [0, 0.1) is 13.8 Å². The lowest BCUT2D eigenvalue weighted by Crippen LogP contribution is -2.38. The molecular formula is C21H32N6. The van der Waals surface area contributed by atoms with Gasteiger partial charge in [-0.05, 0) is 51.3 Å². The third kappa shape index (κ3) is 4.43. The Morgan fingerprint density at radius 1 is 1.26 bits per heavy atom. The monoisotopic (exact) mass is 368 g/mol. The van der Waals surface area contributed by atoms with Crippen molar-refractivity contribution in [2.45, 2.75) is 46.2 Å². The maximum atomic E-state index is 4.48. The van der Waals surface area contributed by atoms with Crippen LogP contribution in [-0.2, 0) is 13.6 Å². The molecular weight excluding hydrogens is 336 g/mol. The van der Waals surface area contributed by atoms with E-state index in [4.69, 9.17) is 0 Å². The van der Waals surface area contributed by atoms with Crippen molar-refractivity contribution in [1.29, 1.82) is 0 Å². The molecule has 1 saturated heterocycles.